The van der Waals surface area contributed by atoms with Crippen molar-refractivity contribution in [1.29, 1.82) is 0 Å². The average molecular weight is 320 g/mol. The molecule has 3 heterocycles. The molecule has 0 spiro atoms. The van der Waals surface area contributed by atoms with E-state index in [1.54, 1.807) is 0 Å². The summed E-state index contributed by atoms with van der Waals surface area (Å²) in [5.74, 6) is -0.776. The summed E-state index contributed by atoms with van der Waals surface area (Å²) < 4.78 is 1.99. The van der Waals surface area contributed by atoms with Crippen LogP contribution in [0, 0.1) is 5.92 Å². The Hall–Kier alpha value is -1.40. The van der Waals surface area contributed by atoms with Crippen LogP contribution in [0.2, 0.25) is 0 Å². The molecule has 2 aliphatic heterocycles. The van der Waals surface area contributed by atoms with Crippen molar-refractivity contribution in [2.45, 2.75) is 44.7 Å². The molecule has 1 aromatic rings. The normalized spacial score (nSPS) is 24.8. The van der Waals surface area contributed by atoms with Gasteiger partial charge in [0.1, 0.15) is 0 Å². The Labute approximate surface area is 138 Å². The largest absolute Gasteiger partial charge is 0.481 e. The Bertz CT molecular complexity index is 483. The van der Waals surface area contributed by atoms with E-state index in [2.05, 4.69) is 14.9 Å². The van der Waals surface area contributed by atoms with Crippen LogP contribution in [0.3, 0.4) is 0 Å². The second-order valence-electron chi connectivity index (χ2n) is 6.87. The lowest BCUT2D eigenvalue weighted by molar-refractivity contribution is -0.144. The molecule has 1 atom stereocenters. The molecule has 128 valence electrons. The summed E-state index contributed by atoms with van der Waals surface area (Å²) in [6.07, 6.45) is 9.20. The lowest BCUT2D eigenvalue weighted by Crippen LogP contribution is -2.49. The van der Waals surface area contributed by atoms with Gasteiger partial charge in [0, 0.05) is 31.5 Å². The molecule has 0 aromatic carbocycles. The van der Waals surface area contributed by atoms with Gasteiger partial charge in [0.05, 0.1) is 5.92 Å². The second-order valence-corrected chi connectivity index (χ2v) is 6.87. The molecule has 1 unspecified atom stereocenters. The van der Waals surface area contributed by atoms with E-state index >= 15 is 0 Å². The Morgan fingerprint density at radius 1 is 1.17 bits per heavy atom. The monoisotopic (exact) mass is 320 g/mol. The number of carboxylic acid groups (broad SMARTS) is 1. The molecule has 2 aliphatic rings. The molecule has 6 heteroatoms. The van der Waals surface area contributed by atoms with Crippen LogP contribution in [0.4, 0.5) is 0 Å². The predicted molar refractivity (Wildman–Crippen MR) is 88.2 cm³/mol. The van der Waals surface area contributed by atoms with Gasteiger partial charge < -0.3 is 10.0 Å². The van der Waals surface area contributed by atoms with Gasteiger partial charge in [0.25, 0.3) is 0 Å². The van der Waals surface area contributed by atoms with Crippen molar-refractivity contribution in [3.8, 4) is 0 Å². The highest BCUT2D eigenvalue weighted by atomic mass is 16.4. The van der Waals surface area contributed by atoms with Gasteiger partial charge >= 0.3 is 5.97 Å². The van der Waals surface area contributed by atoms with Crippen LogP contribution >= 0.6 is 0 Å². The SMILES string of the molecule is O=C(O)C1CCCN(C2CCN(CCCn3cccn3)CC2)C1. The van der Waals surface area contributed by atoms with Gasteiger partial charge in [0.2, 0.25) is 0 Å². The van der Waals surface area contributed by atoms with Gasteiger partial charge in [0.15, 0.2) is 0 Å². The standard InChI is InChI=1S/C17H28N4O2/c22-17(23)15-4-1-9-20(14-15)16-5-12-19(13-6-16)8-3-11-21-10-2-7-18-21/h2,7,10,15-16H,1,3-6,8-9,11-14H2,(H,22,23). The Morgan fingerprint density at radius 3 is 2.70 bits per heavy atom. The fourth-order valence-electron chi connectivity index (χ4n) is 3.94. The van der Waals surface area contributed by atoms with Gasteiger partial charge in [-0.1, -0.05) is 0 Å². The lowest BCUT2D eigenvalue weighted by atomic mass is 9.94. The van der Waals surface area contributed by atoms with Gasteiger partial charge in [-0.25, -0.2) is 0 Å². The third kappa shape index (κ3) is 4.54. The number of hydrogen-bond donors (Lipinski definition) is 1. The van der Waals surface area contributed by atoms with Crippen molar-refractivity contribution < 1.29 is 9.90 Å². The van der Waals surface area contributed by atoms with Crippen molar-refractivity contribution in [3.63, 3.8) is 0 Å². The summed E-state index contributed by atoms with van der Waals surface area (Å²) >= 11 is 0. The molecule has 0 aliphatic carbocycles. The van der Waals surface area contributed by atoms with Crippen LogP contribution in [0.1, 0.15) is 32.1 Å². The van der Waals surface area contributed by atoms with Crippen LogP contribution in [0.5, 0.6) is 0 Å². The first-order valence-electron chi connectivity index (χ1n) is 8.89. The lowest BCUT2D eigenvalue weighted by Gasteiger charge is -2.41. The quantitative estimate of drug-likeness (QED) is 0.861. The minimum atomic E-state index is -0.620. The van der Waals surface area contributed by atoms with Crippen LogP contribution in [-0.4, -0.2) is 69.4 Å². The van der Waals surface area contributed by atoms with Crippen LogP contribution in [0.25, 0.3) is 0 Å². The maximum Gasteiger partial charge on any atom is 0.307 e. The summed E-state index contributed by atoms with van der Waals surface area (Å²) in [5, 5.41) is 13.5. The number of nitrogens with zero attached hydrogens (tertiary/aromatic N) is 4. The highest BCUT2D eigenvalue weighted by Crippen LogP contribution is 2.24. The molecular formula is C17H28N4O2. The molecule has 6 nitrogen and oxygen atoms in total. The molecule has 0 saturated carbocycles. The molecule has 23 heavy (non-hydrogen) atoms. The van der Waals surface area contributed by atoms with E-state index in [1.165, 1.54) is 12.8 Å². The zero-order valence-corrected chi connectivity index (χ0v) is 13.8. The Balaban J connectivity index is 1.37. The molecule has 0 bridgehead atoms. The number of piperidine rings is 2. The maximum absolute atomic E-state index is 11.2. The summed E-state index contributed by atoms with van der Waals surface area (Å²) in [5.41, 5.74) is 0. The van der Waals surface area contributed by atoms with Crippen molar-refractivity contribution in [2.75, 3.05) is 32.7 Å². The number of aromatic nitrogens is 2. The first-order chi connectivity index (χ1) is 11.2. The predicted octanol–water partition coefficient (Wildman–Crippen LogP) is 1.53. The zero-order valence-electron chi connectivity index (χ0n) is 13.8. The Kier molecular flexibility index (Phi) is 5.67. The molecule has 1 aromatic heterocycles. The van der Waals surface area contributed by atoms with Crippen LogP contribution in [-0.2, 0) is 11.3 Å². The third-order valence-electron chi connectivity index (χ3n) is 5.30. The van der Waals surface area contributed by atoms with E-state index < -0.39 is 5.97 Å². The highest BCUT2D eigenvalue weighted by molar-refractivity contribution is 5.70. The van der Waals surface area contributed by atoms with Crippen molar-refractivity contribution in [2.24, 2.45) is 5.92 Å². The number of hydrogen-bond acceptors (Lipinski definition) is 4. The summed E-state index contributed by atoms with van der Waals surface area (Å²) in [7, 11) is 0. The molecule has 0 amide bonds. The van der Waals surface area contributed by atoms with Gasteiger partial charge in [-0.2, -0.15) is 5.10 Å². The molecule has 2 saturated heterocycles. The first-order valence-corrected chi connectivity index (χ1v) is 8.89. The van der Waals surface area contributed by atoms with Crippen LogP contribution < -0.4 is 0 Å². The fraction of sp³-hybridized carbons (Fsp3) is 0.765. The fourth-order valence-corrected chi connectivity index (χ4v) is 3.94. The molecular weight excluding hydrogens is 292 g/mol. The topological polar surface area (TPSA) is 61.6 Å². The van der Waals surface area contributed by atoms with E-state index in [0.29, 0.717) is 6.04 Å². The maximum atomic E-state index is 11.2. The molecule has 1 N–H and O–H groups in total. The summed E-state index contributed by atoms with van der Waals surface area (Å²) in [6, 6.07) is 2.55. The van der Waals surface area contributed by atoms with Crippen molar-refractivity contribution >= 4 is 5.97 Å². The number of aryl methyl sites for hydroxylation is 1. The van der Waals surface area contributed by atoms with Gasteiger partial charge in [-0.15, -0.1) is 0 Å². The first kappa shape index (κ1) is 16.5. The van der Waals surface area contributed by atoms with E-state index in [0.717, 1.165) is 58.5 Å². The van der Waals surface area contributed by atoms with Crippen molar-refractivity contribution in [1.82, 2.24) is 19.6 Å². The number of likely N-dealkylation sites (tertiary alicyclic amines) is 2. The number of rotatable bonds is 6. The number of carboxylic acids is 1. The third-order valence-corrected chi connectivity index (χ3v) is 5.30. The Morgan fingerprint density at radius 2 is 2.00 bits per heavy atom. The van der Waals surface area contributed by atoms with Gasteiger partial charge in [-0.05, 0) is 64.3 Å². The minimum Gasteiger partial charge on any atom is -0.481 e. The molecule has 2 fully saturated rings. The number of carbonyl (C=O) groups is 1. The summed E-state index contributed by atoms with van der Waals surface area (Å²) in [6.45, 7) is 6.22. The smallest absolute Gasteiger partial charge is 0.307 e. The molecule has 3 rings (SSSR count). The second kappa shape index (κ2) is 7.93. The highest BCUT2D eigenvalue weighted by Gasteiger charge is 2.31. The van der Waals surface area contributed by atoms with Crippen molar-refractivity contribution in [3.05, 3.63) is 18.5 Å². The van der Waals surface area contributed by atoms with E-state index in [1.807, 2.05) is 23.1 Å². The van der Waals surface area contributed by atoms with E-state index in [4.69, 9.17) is 0 Å². The van der Waals surface area contributed by atoms with Gasteiger partial charge in [-0.3, -0.25) is 14.4 Å². The minimum absolute atomic E-state index is 0.157. The molecule has 0 radical (unpaired) electrons. The van der Waals surface area contributed by atoms with E-state index in [-0.39, 0.29) is 5.92 Å². The van der Waals surface area contributed by atoms with Crippen LogP contribution in [0.15, 0.2) is 18.5 Å². The zero-order chi connectivity index (χ0) is 16.1. The van der Waals surface area contributed by atoms with E-state index in [9.17, 15) is 9.90 Å². The average Bonchev–Trinajstić information content (AvgIpc) is 3.09. The number of aliphatic carboxylic acids is 1. The summed E-state index contributed by atoms with van der Waals surface area (Å²) in [4.78, 5) is 16.2.